The van der Waals surface area contributed by atoms with E-state index >= 15 is 0 Å². The summed E-state index contributed by atoms with van der Waals surface area (Å²) in [6.07, 6.45) is 1.97. The molecule has 1 amide bonds. The number of rotatable bonds is 10. The zero-order chi connectivity index (χ0) is 16.4. The molecule has 0 atom stereocenters. The lowest BCUT2D eigenvalue weighted by Gasteiger charge is -2.15. The Morgan fingerprint density at radius 1 is 1.23 bits per heavy atom. The third-order valence-corrected chi connectivity index (χ3v) is 3.26. The van der Waals surface area contributed by atoms with E-state index in [9.17, 15) is 4.79 Å². The van der Waals surface area contributed by atoms with Crippen LogP contribution in [0.3, 0.4) is 0 Å². The maximum atomic E-state index is 12.1. The van der Waals surface area contributed by atoms with Gasteiger partial charge in [-0.05, 0) is 32.5 Å². The van der Waals surface area contributed by atoms with Crippen LogP contribution in [0.4, 0.5) is 0 Å². The first-order valence-electron chi connectivity index (χ1n) is 7.65. The van der Waals surface area contributed by atoms with Crippen molar-refractivity contribution in [2.45, 2.75) is 26.7 Å². The number of carbonyl (C=O) groups is 1. The zero-order valence-corrected chi connectivity index (χ0v) is 14.3. The van der Waals surface area contributed by atoms with Crippen LogP contribution in [0.1, 0.15) is 37.0 Å². The molecule has 0 heterocycles. The average molecular weight is 329 g/mol. The Kier molecular flexibility index (Phi) is 8.70. The first kappa shape index (κ1) is 18.6. The lowest BCUT2D eigenvalue weighted by molar-refractivity contribution is 0.0953. The number of benzene rings is 1. The fraction of sp³-hybridized carbons (Fsp3) is 0.562. The van der Waals surface area contributed by atoms with E-state index in [4.69, 9.17) is 21.1 Å². The van der Waals surface area contributed by atoms with Crippen LogP contribution in [-0.2, 0) is 0 Å². The summed E-state index contributed by atoms with van der Waals surface area (Å²) in [5.74, 6) is 0.826. The summed E-state index contributed by atoms with van der Waals surface area (Å²) in [5, 5.41) is 6.17. The fourth-order valence-corrected chi connectivity index (χ4v) is 2.09. The smallest absolute Gasteiger partial charge is 0.251 e. The Morgan fingerprint density at radius 2 is 2.00 bits per heavy atom. The van der Waals surface area contributed by atoms with Crippen LogP contribution in [0.25, 0.3) is 0 Å². The Balaban J connectivity index is 2.90. The Labute approximate surface area is 137 Å². The van der Waals surface area contributed by atoms with Crippen LogP contribution in [0, 0.1) is 0 Å². The molecule has 0 unspecified atom stereocenters. The lowest BCUT2D eigenvalue weighted by Crippen LogP contribution is -2.30. The number of carbonyl (C=O) groups excluding carboxylic acids is 1. The first-order valence-corrected chi connectivity index (χ1v) is 8.03. The maximum Gasteiger partial charge on any atom is 0.251 e. The highest BCUT2D eigenvalue weighted by Crippen LogP contribution is 2.36. The molecule has 5 nitrogen and oxygen atoms in total. The van der Waals surface area contributed by atoms with Gasteiger partial charge in [0.05, 0.1) is 18.2 Å². The molecule has 1 aromatic rings. The molecule has 2 N–H and O–H groups in total. The van der Waals surface area contributed by atoms with Crippen LogP contribution in [0.15, 0.2) is 12.1 Å². The standard InChI is InChI=1S/C16H25ClN2O3/c1-4-6-9-22-15-13(17)10-12(11-14(15)21-5-2)16(20)19-8-7-18-3/h10-11,18H,4-9H2,1-3H3,(H,19,20). The number of nitrogens with one attached hydrogen (secondary N) is 2. The topological polar surface area (TPSA) is 59.6 Å². The minimum absolute atomic E-state index is 0.182. The number of likely N-dealkylation sites (N-methyl/N-ethyl adjacent to an activating group) is 1. The van der Waals surface area contributed by atoms with Crippen molar-refractivity contribution in [1.82, 2.24) is 10.6 Å². The van der Waals surface area contributed by atoms with Gasteiger partial charge in [-0.15, -0.1) is 0 Å². The Morgan fingerprint density at radius 3 is 2.64 bits per heavy atom. The van der Waals surface area contributed by atoms with Crippen molar-refractivity contribution in [3.8, 4) is 11.5 Å². The van der Waals surface area contributed by atoms with Gasteiger partial charge in [-0.2, -0.15) is 0 Å². The van der Waals surface area contributed by atoms with E-state index in [2.05, 4.69) is 17.6 Å². The first-order chi connectivity index (χ1) is 10.6. The molecule has 1 aromatic carbocycles. The van der Waals surface area contributed by atoms with Gasteiger partial charge in [0.1, 0.15) is 0 Å². The minimum atomic E-state index is -0.182. The molecule has 0 aromatic heterocycles. The molecule has 0 fully saturated rings. The van der Waals surface area contributed by atoms with Gasteiger partial charge in [0, 0.05) is 18.7 Å². The molecular formula is C16H25ClN2O3. The van der Waals surface area contributed by atoms with Crippen molar-refractivity contribution < 1.29 is 14.3 Å². The van der Waals surface area contributed by atoms with Crippen LogP contribution in [0.2, 0.25) is 5.02 Å². The molecule has 1 rings (SSSR count). The normalized spacial score (nSPS) is 10.4. The number of ether oxygens (including phenoxy) is 2. The highest BCUT2D eigenvalue weighted by Gasteiger charge is 2.16. The van der Waals surface area contributed by atoms with Crippen molar-refractivity contribution in [3.63, 3.8) is 0 Å². The van der Waals surface area contributed by atoms with E-state index in [0.717, 1.165) is 12.8 Å². The monoisotopic (exact) mass is 328 g/mol. The summed E-state index contributed by atoms with van der Waals surface area (Å²) in [4.78, 5) is 12.1. The van der Waals surface area contributed by atoms with E-state index in [1.165, 1.54) is 0 Å². The second kappa shape index (κ2) is 10.3. The third-order valence-electron chi connectivity index (χ3n) is 2.98. The second-order valence-corrected chi connectivity index (χ2v) is 5.19. The second-order valence-electron chi connectivity index (χ2n) is 4.78. The summed E-state index contributed by atoms with van der Waals surface area (Å²) in [5.41, 5.74) is 0.465. The number of amides is 1. The maximum absolute atomic E-state index is 12.1. The highest BCUT2D eigenvalue weighted by molar-refractivity contribution is 6.32. The fourth-order valence-electron chi connectivity index (χ4n) is 1.82. The van der Waals surface area contributed by atoms with Crippen molar-refractivity contribution in [1.29, 1.82) is 0 Å². The summed E-state index contributed by atoms with van der Waals surface area (Å²) in [6.45, 7) is 6.27. The van der Waals surface area contributed by atoms with Crippen LogP contribution < -0.4 is 20.1 Å². The van der Waals surface area contributed by atoms with E-state index in [1.807, 2.05) is 14.0 Å². The predicted octanol–water partition coefficient (Wildman–Crippen LogP) is 2.87. The molecule has 0 aliphatic rings. The van der Waals surface area contributed by atoms with E-state index in [-0.39, 0.29) is 5.91 Å². The van der Waals surface area contributed by atoms with Gasteiger partial charge in [0.15, 0.2) is 11.5 Å². The SMILES string of the molecule is CCCCOc1c(Cl)cc(C(=O)NCCNC)cc1OCC. The number of hydrogen-bond acceptors (Lipinski definition) is 4. The van der Waals surface area contributed by atoms with Crippen molar-refractivity contribution in [2.75, 3.05) is 33.4 Å². The summed E-state index contributed by atoms with van der Waals surface area (Å²) < 4.78 is 11.3. The lowest BCUT2D eigenvalue weighted by atomic mass is 10.2. The minimum Gasteiger partial charge on any atom is -0.490 e. The van der Waals surface area contributed by atoms with Gasteiger partial charge in [-0.3, -0.25) is 4.79 Å². The van der Waals surface area contributed by atoms with Crippen LogP contribution in [-0.4, -0.2) is 39.3 Å². The van der Waals surface area contributed by atoms with Gasteiger partial charge in [-0.25, -0.2) is 0 Å². The largest absolute Gasteiger partial charge is 0.490 e. The molecule has 0 bridgehead atoms. The van der Waals surface area contributed by atoms with Gasteiger partial charge >= 0.3 is 0 Å². The Hall–Kier alpha value is -1.46. The number of unbranched alkanes of at least 4 members (excludes halogenated alkanes) is 1. The van der Waals surface area contributed by atoms with E-state index in [0.29, 0.717) is 48.4 Å². The van der Waals surface area contributed by atoms with E-state index in [1.54, 1.807) is 12.1 Å². The third kappa shape index (κ3) is 5.73. The zero-order valence-electron chi connectivity index (χ0n) is 13.5. The van der Waals surface area contributed by atoms with Crippen molar-refractivity contribution >= 4 is 17.5 Å². The molecule has 22 heavy (non-hydrogen) atoms. The molecule has 0 saturated carbocycles. The molecule has 124 valence electrons. The molecule has 0 radical (unpaired) electrons. The quantitative estimate of drug-likeness (QED) is 0.648. The molecule has 0 saturated heterocycles. The number of hydrogen-bond donors (Lipinski definition) is 2. The van der Waals surface area contributed by atoms with Gasteiger partial charge in [-0.1, -0.05) is 24.9 Å². The van der Waals surface area contributed by atoms with Crippen LogP contribution in [0.5, 0.6) is 11.5 Å². The van der Waals surface area contributed by atoms with Crippen molar-refractivity contribution in [3.05, 3.63) is 22.7 Å². The molecule has 6 heteroatoms. The average Bonchev–Trinajstić information content (AvgIpc) is 2.50. The van der Waals surface area contributed by atoms with Gasteiger partial charge in [0.25, 0.3) is 5.91 Å². The predicted molar refractivity (Wildman–Crippen MR) is 89.3 cm³/mol. The molecule has 0 aliphatic heterocycles. The molecule has 0 spiro atoms. The summed E-state index contributed by atoms with van der Waals surface area (Å²) in [7, 11) is 1.83. The number of halogens is 1. The summed E-state index contributed by atoms with van der Waals surface area (Å²) >= 11 is 6.26. The molecular weight excluding hydrogens is 304 g/mol. The highest BCUT2D eigenvalue weighted by atomic mass is 35.5. The summed E-state index contributed by atoms with van der Waals surface area (Å²) in [6, 6.07) is 3.28. The molecule has 0 aliphatic carbocycles. The Bertz CT molecular complexity index is 481. The van der Waals surface area contributed by atoms with Gasteiger partial charge < -0.3 is 20.1 Å². The van der Waals surface area contributed by atoms with E-state index < -0.39 is 0 Å². The van der Waals surface area contributed by atoms with Crippen molar-refractivity contribution in [2.24, 2.45) is 0 Å². The van der Waals surface area contributed by atoms with Gasteiger partial charge in [0.2, 0.25) is 0 Å². The van der Waals surface area contributed by atoms with Crippen LogP contribution >= 0.6 is 11.6 Å².